The third-order valence-electron chi connectivity index (χ3n) is 4.47. The van der Waals surface area contributed by atoms with Gasteiger partial charge in [0.05, 0.1) is 14.2 Å². The zero-order valence-electron chi connectivity index (χ0n) is 14.5. The molecule has 0 atom stereocenters. The summed E-state index contributed by atoms with van der Waals surface area (Å²) in [6.07, 6.45) is 0.341. The molecule has 0 spiro atoms. The van der Waals surface area contributed by atoms with Crippen LogP contribution in [0, 0.1) is 0 Å². The van der Waals surface area contributed by atoms with Gasteiger partial charge in [0.2, 0.25) is 0 Å². The highest BCUT2D eigenvalue weighted by Crippen LogP contribution is 2.39. The van der Waals surface area contributed by atoms with Gasteiger partial charge in [-0.25, -0.2) is 0 Å². The summed E-state index contributed by atoms with van der Waals surface area (Å²) in [4.78, 5) is 0. The number of hydrogen-bond donors (Lipinski definition) is 1. The van der Waals surface area contributed by atoms with Gasteiger partial charge in [0.25, 0.3) is 0 Å². The van der Waals surface area contributed by atoms with E-state index in [4.69, 9.17) is 9.47 Å². The second-order valence-corrected chi connectivity index (χ2v) is 5.91. The third kappa shape index (κ3) is 3.37. The Balaban J connectivity index is 2.15. The first kappa shape index (κ1) is 17.1. The van der Waals surface area contributed by atoms with E-state index in [1.54, 1.807) is 14.2 Å². The summed E-state index contributed by atoms with van der Waals surface area (Å²) in [5.41, 5.74) is 1.30. The van der Waals surface area contributed by atoms with E-state index in [1.165, 1.54) is 0 Å². The van der Waals surface area contributed by atoms with Crippen molar-refractivity contribution in [2.75, 3.05) is 14.2 Å². The zero-order chi connectivity index (χ0) is 17.7. The van der Waals surface area contributed by atoms with Crippen LogP contribution in [0.4, 0.5) is 0 Å². The topological polar surface area (TPSA) is 38.7 Å². The molecule has 3 nitrogen and oxygen atoms in total. The SMILES string of the molecule is COc1cccc(OC)c1CC(O)(c1ccccc1)c1ccccc1. The maximum absolute atomic E-state index is 11.7. The predicted octanol–water partition coefficient (Wildman–Crippen LogP) is 4.18. The van der Waals surface area contributed by atoms with Gasteiger partial charge in [-0.1, -0.05) is 66.7 Å². The number of ether oxygens (including phenoxy) is 2. The average Bonchev–Trinajstić information content (AvgIpc) is 2.69. The first-order chi connectivity index (χ1) is 12.2. The lowest BCUT2D eigenvalue weighted by Crippen LogP contribution is -2.30. The van der Waals surface area contributed by atoms with Crippen LogP contribution in [0.2, 0.25) is 0 Å². The molecule has 25 heavy (non-hydrogen) atoms. The van der Waals surface area contributed by atoms with Crippen LogP contribution in [0.15, 0.2) is 78.9 Å². The van der Waals surface area contributed by atoms with Crippen molar-refractivity contribution >= 4 is 0 Å². The first-order valence-corrected chi connectivity index (χ1v) is 8.22. The molecule has 0 radical (unpaired) electrons. The van der Waals surface area contributed by atoms with E-state index in [-0.39, 0.29) is 0 Å². The van der Waals surface area contributed by atoms with Crippen molar-refractivity contribution in [3.05, 3.63) is 95.6 Å². The molecule has 0 aromatic heterocycles. The molecule has 0 aliphatic carbocycles. The van der Waals surface area contributed by atoms with Crippen LogP contribution in [0.5, 0.6) is 11.5 Å². The first-order valence-electron chi connectivity index (χ1n) is 8.22. The van der Waals surface area contributed by atoms with E-state index < -0.39 is 5.60 Å². The summed E-state index contributed by atoms with van der Waals surface area (Å²) in [7, 11) is 3.25. The van der Waals surface area contributed by atoms with Gasteiger partial charge < -0.3 is 14.6 Å². The van der Waals surface area contributed by atoms with Crippen molar-refractivity contribution in [1.29, 1.82) is 0 Å². The molecule has 0 amide bonds. The summed E-state index contributed by atoms with van der Waals surface area (Å²) < 4.78 is 11.0. The fourth-order valence-electron chi connectivity index (χ4n) is 3.16. The lowest BCUT2D eigenvalue weighted by Gasteiger charge is -2.31. The minimum Gasteiger partial charge on any atom is -0.496 e. The smallest absolute Gasteiger partial charge is 0.125 e. The van der Waals surface area contributed by atoms with Gasteiger partial charge in [0.15, 0.2) is 0 Å². The predicted molar refractivity (Wildman–Crippen MR) is 99.1 cm³/mol. The molecule has 0 aliphatic heterocycles. The van der Waals surface area contributed by atoms with E-state index in [2.05, 4.69) is 0 Å². The van der Waals surface area contributed by atoms with E-state index in [9.17, 15) is 5.11 Å². The normalized spacial score (nSPS) is 11.2. The Morgan fingerprint density at radius 3 is 1.52 bits per heavy atom. The molecule has 128 valence electrons. The zero-order valence-corrected chi connectivity index (χ0v) is 14.5. The molecular weight excluding hydrogens is 312 g/mol. The van der Waals surface area contributed by atoms with Crippen LogP contribution < -0.4 is 9.47 Å². The van der Waals surface area contributed by atoms with Gasteiger partial charge in [-0.15, -0.1) is 0 Å². The molecule has 3 aromatic carbocycles. The molecule has 0 saturated carbocycles. The highest BCUT2D eigenvalue weighted by atomic mass is 16.5. The molecule has 3 heteroatoms. The van der Waals surface area contributed by atoms with Gasteiger partial charge in [-0.05, 0) is 23.3 Å². The Kier molecular flexibility index (Phi) is 5.05. The molecule has 0 unspecified atom stereocenters. The average molecular weight is 334 g/mol. The highest BCUT2D eigenvalue weighted by Gasteiger charge is 2.34. The summed E-state index contributed by atoms with van der Waals surface area (Å²) in [5, 5.41) is 11.7. The molecule has 3 aromatic rings. The van der Waals surface area contributed by atoms with Crippen LogP contribution in [0.25, 0.3) is 0 Å². The third-order valence-corrected chi connectivity index (χ3v) is 4.47. The fourth-order valence-corrected chi connectivity index (χ4v) is 3.16. The van der Waals surface area contributed by atoms with Crippen molar-refractivity contribution in [3.63, 3.8) is 0 Å². The van der Waals surface area contributed by atoms with E-state index in [1.807, 2.05) is 78.9 Å². The summed E-state index contributed by atoms with van der Waals surface area (Å²) >= 11 is 0. The van der Waals surface area contributed by atoms with E-state index in [0.717, 1.165) is 16.7 Å². The van der Waals surface area contributed by atoms with Crippen LogP contribution in [0.1, 0.15) is 16.7 Å². The molecule has 0 fully saturated rings. The lowest BCUT2D eigenvalue weighted by atomic mass is 9.81. The fraction of sp³-hybridized carbons (Fsp3) is 0.182. The van der Waals surface area contributed by atoms with Gasteiger partial charge in [0, 0.05) is 12.0 Å². The van der Waals surface area contributed by atoms with Crippen molar-refractivity contribution in [3.8, 4) is 11.5 Å². The minimum atomic E-state index is -1.19. The van der Waals surface area contributed by atoms with E-state index in [0.29, 0.717) is 17.9 Å². The number of hydrogen-bond acceptors (Lipinski definition) is 3. The van der Waals surface area contributed by atoms with Crippen molar-refractivity contribution < 1.29 is 14.6 Å². The van der Waals surface area contributed by atoms with Crippen LogP contribution in [-0.2, 0) is 12.0 Å². The number of aliphatic hydroxyl groups is 1. The standard InChI is InChI=1S/C22H22O3/c1-24-20-14-9-15-21(25-2)19(20)16-22(23,17-10-5-3-6-11-17)18-12-7-4-8-13-18/h3-15,23H,16H2,1-2H3. The van der Waals surface area contributed by atoms with Gasteiger partial charge in [-0.3, -0.25) is 0 Å². The summed E-state index contributed by atoms with van der Waals surface area (Å²) in [5.74, 6) is 1.40. The lowest BCUT2D eigenvalue weighted by molar-refractivity contribution is 0.0796. The Hall–Kier alpha value is -2.78. The van der Waals surface area contributed by atoms with Gasteiger partial charge in [0.1, 0.15) is 17.1 Å². The molecule has 1 N–H and O–H groups in total. The van der Waals surface area contributed by atoms with Gasteiger partial charge >= 0.3 is 0 Å². The summed E-state index contributed by atoms with van der Waals surface area (Å²) in [6, 6.07) is 25.0. The Morgan fingerprint density at radius 2 is 1.12 bits per heavy atom. The summed E-state index contributed by atoms with van der Waals surface area (Å²) in [6.45, 7) is 0. The number of methoxy groups -OCH3 is 2. The Bertz CT molecular complexity index is 751. The quantitative estimate of drug-likeness (QED) is 0.735. The Labute approximate surface area is 148 Å². The van der Waals surface area contributed by atoms with Crippen LogP contribution in [0.3, 0.4) is 0 Å². The number of rotatable bonds is 6. The van der Waals surface area contributed by atoms with Crippen molar-refractivity contribution in [2.45, 2.75) is 12.0 Å². The van der Waals surface area contributed by atoms with Crippen molar-refractivity contribution in [1.82, 2.24) is 0 Å². The largest absolute Gasteiger partial charge is 0.496 e. The van der Waals surface area contributed by atoms with Crippen LogP contribution in [-0.4, -0.2) is 19.3 Å². The molecular formula is C22H22O3. The minimum absolute atomic E-state index is 0.341. The monoisotopic (exact) mass is 334 g/mol. The van der Waals surface area contributed by atoms with Crippen molar-refractivity contribution in [2.24, 2.45) is 0 Å². The molecule has 0 saturated heterocycles. The van der Waals surface area contributed by atoms with E-state index >= 15 is 0 Å². The Morgan fingerprint density at radius 1 is 0.680 bits per heavy atom. The maximum Gasteiger partial charge on any atom is 0.125 e. The molecule has 0 heterocycles. The second kappa shape index (κ2) is 7.41. The molecule has 0 bridgehead atoms. The number of benzene rings is 3. The van der Waals surface area contributed by atoms with Crippen LogP contribution >= 0.6 is 0 Å². The highest BCUT2D eigenvalue weighted by molar-refractivity contribution is 5.48. The molecule has 3 rings (SSSR count). The second-order valence-electron chi connectivity index (χ2n) is 5.91. The maximum atomic E-state index is 11.7. The molecule has 0 aliphatic rings. The van der Waals surface area contributed by atoms with Gasteiger partial charge in [-0.2, -0.15) is 0 Å².